The average molecular weight is 828 g/mol. The van der Waals surface area contributed by atoms with E-state index < -0.39 is 13.9 Å². The molecule has 0 aliphatic heterocycles. The maximum absolute atomic E-state index is 12.6. The molecule has 0 spiro atoms. The van der Waals surface area contributed by atoms with Crippen LogP contribution >= 0.6 is 7.82 Å². The minimum absolute atomic E-state index is 0.0817. The quantitative estimate of drug-likeness (QED) is 0.0271. The average Bonchev–Trinajstić information content (AvgIpc) is 3.21. The third-order valence-electron chi connectivity index (χ3n) is 8.69. The van der Waals surface area contributed by atoms with Gasteiger partial charge in [-0.05, 0) is 96.3 Å². The summed E-state index contributed by atoms with van der Waals surface area (Å²) in [6, 6.07) is 0. The third kappa shape index (κ3) is 44.3. The molecule has 0 aliphatic carbocycles. The van der Waals surface area contributed by atoms with Crippen molar-refractivity contribution in [3.05, 3.63) is 109 Å². The van der Waals surface area contributed by atoms with E-state index in [1.54, 1.807) is 0 Å². The van der Waals surface area contributed by atoms with Crippen LogP contribution in [-0.4, -0.2) is 49.9 Å². The predicted octanol–water partition coefficient (Wildman–Crippen LogP) is 13.6. The number of unbranched alkanes of at least 4 members (excludes halogenated alkanes) is 10. The Hall–Kier alpha value is -2.84. The number of nitrogens with two attached hydrogens (primary N) is 1. The smallest absolute Gasteiger partial charge is 0.457 e. The lowest BCUT2D eigenvalue weighted by molar-refractivity contribution is -0.154. The molecule has 0 aliphatic rings. The Morgan fingerprint density at radius 2 is 0.914 bits per heavy atom. The summed E-state index contributed by atoms with van der Waals surface area (Å²) in [4.78, 5) is 22.5. The Bertz CT molecular complexity index is 1250. The van der Waals surface area contributed by atoms with Crippen LogP contribution in [0.25, 0.3) is 0 Å². The largest absolute Gasteiger partial charge is 0.472 e. The van der Waals surface area contributed by atoms with E-state index in [-0.39, 0.29) is 32.3 Å². The summed E-state index contributed by atoms with van der Waals surface area (Å²) >= 11 is 0. The molecule has 2 unspecified atom stereocenters. The van der Waals surface area contributed by atoms with Crippen molar-refractivity contribution in [3.8, 4) is 0 Å². The Morgan fingerprint density at radius 1 is 0.517 bits per heavy atom. The van der Waals surface area contributed by atoms with Gasteiger partial charge in [0.25, 0.3) is 0 Å². The van der Waals surface area contributed by atoms with Gasteiger partial charge in [0.1, 0.15) is 6.10 Å². The highest BCUT2D eigenvalue weighted by Crippen LogP contribution is 2.43. The predicted molar refractivity (Wildman–Crippen MR) is 247 cm³/mol. The van der Waals surface area contributed by atoms with Crippen molar-refractivity contribution in [1.29, 1.82) is 0 Å². The van der Waals surface area contributed by atoms with E-state index in [9.17, 15) is 14.3 Å². The van der Waals surface area contributed by atoms with Crippen molar-refractivity contribution in [2.24, 2.45) is 5.73 Å². The van der Waals surface area contributed by atoms with Crippen LogP contribution in [0.2, 0.25) is 0 Å². The van der Waals surface area contributed by atoms with Gasteiger partial charge in [0.2, 0.25) is 0 Å². The highest BCUT2D eigenvalue weighted by atomic mass is 31.2. The normalized spacial score (nSPS) is 14.5. The van der Waals surface area contributed by atoms with Crippen molar-refractivity contribution in [2.75, 3.05) is 33.0 Å². The van der Waals surface area contributed by atoms with E-state index in [1.807, 2.05) is 0 Å². The molecule has 8 nitrogen and oxygen atoms in total. The zero-order valence-electron chi connectivity index (χ0n) is 36.5. The maximum atomic E-state index is 12.6. The second-order valence-electron chi connectivity index (χ2n) is 14.1. The van der Waals surface area contributed by atoms with E-state index in [0.717, 1.165) is 116 Å². The number of ether oxygens (including phenoxy) is 2. The van der Waals surface area contributed by atoms with Gasteiger partial charge in [-0.3, -0.25) is 13.8 Å². The molecule has 0 bridgehead atoms. The van der Waals surface area contributed by atoms with Crippen LogP contribution in [0.1, 0.15) is 155 Å². The first-order valence-electron chi connectivity index (χ1n) is 22.4. The number of carbonyl (C=O) groups excluding carboxylic acids is 1. The third-order valence-corrected chi connectivity index (χ3v) is 9.67. The number of allylic oxidation sites excluding steroid dienone is 18. The molecule has 0 aromatic carbocycles. The first kappa shape index (κ1) is 55.2. The van der Waals surface area contributed by atoms with Crippen molar-refractivity contribution in [3.63, 3.8) is 0 Å². The summed E-state index contributed by atoms with van der Waals surface area (Å²) in [5.74, 6) is -0.358. The first-order valence-corrected chi connectivity index (χ1v) is 23.9. The molecule has 9 heteroatoms. The monoisotopic (exact) mass is 828 g/mol. The molecule has 2 atom stereocenters. The lowest BCUT2D eigenvalue weighted by Crippen LogP contribution is -2.28. The molecule has 0 aromatic heterocycles. The van der Waals surface area contributed by atoms with E-state index in [4.69, 9.17) is 24.3 Å². The molecule has 58 heavy (non-hydrogen) atoms. The molecule has 0 heterocycles. The van der Waals surface area contributed by atoms with Gasteiger partial charge in [-0.1, -0.05) is 162 Å². The summed E-state index contributed by atoms with van der Waals surface area (Å²) in [5.41, 5.74) is 5.37. The van der Waals surface area contributed by atoms with Gasteiger partial charge in [0, 0.05) is 19.6 Å². The highest BCUT2D eigenvalue weighted by Gasteiger charge is 2.25. The number of esters is 1. The van der Waals surface area contributed by atoms with Crippen molar-refractivity contribution < 1.29 is 32.8 Å². The van der Waals surface area contributed by atoms with Crippen molar-refractivity contribution in [1.82, 2.24) is 0 Å². The molecule has 330 valence electrons. The van der Waals surface area contributed by atoms with Gasteiger partial charge in [0.05, 0.1) is 19.8 Å². The molecule has 0 fully saturated rings. The lowest BCUT2D eigenvalue weighted by atomic mass is 10.1. The summed E-state index contributed by atoms with van der Waals surface area (Å²) in [6.07, 6.45) is 61.1. The van der Waals surface area contributed by atoms with Gasteiger partial charge < -0.3 is 20.1 Å². The Kier molecular flexibility index (Phi) is 43.0. The van der Waals surface area contributed by atoms with E-state index in [0.29, 0.717) is 13.0 Å². The number of carbonyl (C=O) groups is 1. The Labute approximate surface area is 354 Å². The highest BCUT2D eigenvalue weighted by molar-refractivity contribution is 7.47. The molecule has 3 N–H and O–H groups in total. The molecule has 0 rings (SSSR count). The minimum atomic E-state index is -4.30. The van der Waals surface area contributed by atoms with Crippen LogP contribution in [0, 0.1) is 0 Å². The standard InChI is InChI=1S/C49H82NO7P/c1-3-5-7-9-11-13-15-17-19-21-22-23-24-25-27-29-31-33-35-37-39-41-44-54-46-48(47-56-58(52,53)55-45-43-50)57-49(51)42-40-38-36-34-32-30-28-26-20-18-16-14-12-10-8-6-4-2/h5-8,11-14,17-20,22-23,25,27,31,33,48H,3-4,9-10,15-16,21,24,26,28-30,32,34-47,50H2,1-2H3,(H,52,53)/b7-5-,8-6-,13-11-,14-12-,19-17-,20-18-,23-22-,27-25-,33-31-. The number of phosphoric acid groups is 1. The molecule has 0 saturated heterocycles. The topological polar surface area (TPSA) is 117 Å². The Balaban J connectivity index is 4.14. The van der Waals surface area contributed by atoms with Crippen LogP contribution in [0.15, 0.2) is 109 Å². The van der Waals surface area contributed by atoms with Gasteiger partial charge in [-0.15, -0.1) is 0 Å². The maximum Gasteiger partial charge on any atom is 0.472 e. The van der Waals surface area contributed by atoms with Crippen LogP contribution < -0.4 is 5.73 Å². The van der Waals surface area contributed by atoms with Gasteiger partial charge in [0.15, 0.2) is 0 Å². The van der Waals surface area contributed by atoms with Gasteiger partial charge >= 0.3 is 13.8 Å². The second kappa shape index (κ2) is 45.2. The first-order chi connectivity index (χ1) is 28.4. The molecule has 0 saturated carbocycles. The van der Waals surface area contributed by atoms with Gasteiger partial charge in [-0.2, -0.15) is 0 Å². The van der Waals surface area contributed by atoms with Crippen LogP contribution in [0.4, 0.5) is 0 Å². The van der Waals surface area contributed by atoms with E-state index >= 15 is 0 Å². The fourth-order valence-corrected chi connectivity index (χ4v) is 6.25. The number of phosphoric ester groups is 1. The van der Waals surface area contributed by atoms with Crippen molar-refractivity contribution in [2.45, 2.75) is 161 Å². The zero-order valence-corrected chi connectivity index (χ0v) is 37.4. The van der Waals surface area contributed by atoms with E-state index in [2.05, 4.69) is 123 Å². The Morgan fingerprint density at radius 3 is 1.36 bits per heavy atom. The second-order valence-corrected chi connectivity index (χ2v) is 15.6. The molecule has 0 radical (unpaired) electrons. The van der Waals surface area contributed by atoms with E-state index in [1.165, 1.54) is 19.3 Å². The molecule has 0 amide bonds. The van der Waals surface area contributed by atoms with Crippen LogP contribution in [0.3, 0.4) is 0 Å². The summed E-state index contributed by atoms with van der Waals surface area (Å²) in [6.45, 7) is 4.56. The molecule has 0 aromatic rings. The SMILES string of the molecule is CC/C=C\C/C=C\C/C=C\C/C=C\C/C=C\C/C=C\CCCCCOCC(COP(=O)(O)OCCN)OC(=O)CCCCCCCCC/C=C\C/C=C\C/C=C\CC. The number of rotatable bonds is 41. The van der Waals surface area contributed by atoms with Crippen molar-refractivity contribution >= 4 is 13.8 Å². The fourth-order valence-electron chi connectivity index (χ4n) is 5.48. The van der Waals surface area contributed by atoms with Crippen LogP contribution in [0.5, 0.6) is 0 Å². The fraction of sp³-hybridized carbons (Fsp3) is 0.612. The minimum Gasteiger partial charge on any atom is -0.457 e. The zero-order chi connectivity index (χ0) is 42.3. The summed E-state index contributed by atoms with van der Waals surface area (Å²) in [7, 11) is -4.30. The van der Waals surface area contributed by atoms with Gasteiger partial charge in [-0.25, -0.2) is 4.57 Å². The molecular weight excluding hydrogens is 746 g/mol. The number of hydrogen-bond acceptors (Lipinski definition) is 7. The summed E-state index contributed by atoms with van der Waals surface area (Å²) in [5, 5.41) is 0. The number of hydrogen-bond donors (Lipinski definition) is 2. The molecular formula is C49H82NO7P. The summed E-state index contributed by atoms with van der Waals surface area (Å²) < 4.78 is 33.4. The lowest BCUT2D eigenvalue weighted by Gasteiger charge is -2.20. The van der Waals surface area contributed by atoms with Crippen LogP contribution in [-0.2, 0) is 27.9 Å².